The Hall–Kier alpha value is -2.21. The molecule has 138 valence electrons. The molecule has 4 rings (SSSR count). The van der Waals surface area contributed by atoms with Crippen molar-refractivity contribution >= 4 is 5.91 Å². The lowest BCUT2D eigenvalue weighted by atomic mass is 9.89. The molecule has 0 saturated carbocycles. The number of amides is 1. The van der Waals surface area contributed by atoms with Crippen molar-refractivity contribution in [3.05, 3.63) is 47.0 Å². The number of aromatic nitrogens is 3. The lowest BCUT2D eigenvalue weighted by molar-refractivity contribution is 0.0924. The maximum Gasteiger partial charge on any atom is 0.289 e. The number of rotatable bonds is 4. The Bertz CT molecular complexity index is 812. The van der Waals surface area contributed by atoms with Crippen LogP contribution in [0, 0.1) is 18.8 Å². The molecular formula is C20H27N5O. The number of hydrogen-bond acceptors (Lipinski definition) is 4. The summed E-state index contributed by atoms with van der Waals surface area (Å²) < 4.78 is 2.04. The van der Waals surface area contributed by atoms with Gasteiger partial charge in [-0.15, -0.1) is 10.2 Å². The highest BCUT2D eigenvalue weighted by atomic mass is 16.2. The molecule has 0 bridgehead atoms. The van der Waals surface area contributed by atoms with Crippen molar-refractivity contribution in [3.8, 4) is 0 Å². The van der Waals surface area contributed by atoms with Crippen LogP contribution in [0.1, 0.15) is 41.4 Å². The van der Waals surface area contributed by atoms with Gasteiger partial charge in [0.25, 0.3) is 5.91 Å². The number of fused-ring (bicyclic) bond motifs is 2. The summed E-state index contributed by atoms with van der Waals surface area (Å²) in [5.41, 5.74) is 2.76. The molecule has 26 heavy (non-hydrogen) atoms. The highest BCUT2D eigenvalue weighted by Gasteiger charge is 2.39. The van der Waals surface area contributed by atoms with Crippen molar-refractivity contribution in [3.63, 3.8) is 0 Å². The van der Waals surface area contributed by atoms with Gasteiger partial charge in [0.15, 0.2) is 0 Å². The minimum absolute atomic E-state index is 0.0999. The van der Waals surface area contributed by atoms with E-state index in [0.717, 1.165) is 38.4 Å². The summed E-state index contributed by atoms with van der Waals surface area (Å²) in [4.78, 5) is 14.9. The van der Waals surface area contributed by atoms with Crippen LogP contribution in [-0.4, -0.2) is 44.7 Å². The van der Waals surface area contributed by atoms with Crippen molar-refractivity contribution in [2.24, 2.45) is 11.8 Å². The fraction of sp³-hybridized carbons (Fsp3) is 0.550. The molecule has 6 nitrogen and oxygen atoms in total. The number of nitrogens with one attached hydrogen (secondary N) is 1. The first-order valence-corrected chi connectivity index (χ1v) is 9.51. The largest absolute Gasteiger partial charge is 0.347 e. The van der Waals surface area contributed by atoms with Crippen LogP contribution >= 0.6 is 0 Å². The molecular weight excluding hydrogens is 326 g/mol. The fourth-order valence-electron chi connectivity index (χ4n) is 4.27. The lowest BCUT2D eigenvalue weighted by Crippen LogP contribution is -2.35. The molecule has 0 radical (unpaired) electrons. The van der Waals surface area contributed by atoms with Gasteiger partial charge in [0.1, 0.15) is 5.82 Å². The van der Waals surface area contributed by atoms with Crippen molar-refractivity contribution in [1.29, 1.82) is 0 Å². The Balaban J connectivity index is 1.46. The SMILES string of the molecule is Cc1ccccc1CN1C[C@@H]2Cn3c(nnc3C(=O)NC(C)C)C[C@H]2C1. The number of likely N-dealkylation sites (tertiary alicyclic amines) is 1. The molecule has 1 fully saturated rings. The van der Waals surface area contributed by atoms with E-state index in [9.17, 15) is 4.79 Å². The fourth-order valence-corrected chi connectivity index (χ4v) is 4.27. The predicted octanol–water partition coefficient (Wildman–Crippen LogP) is 2.03. The van der Waals surface area contributed by atoms with Crippen LogP contribution in [0.25, 0.3) is 0 Å². The highest BCUT2D eigenvalue weighted by Crippen LogP contribution is 2.33. The van der Waals surface area contributed by atoms with Crippen LogP contribution < -0.4 is 5.32 Å². The number of aryl methyl sites for hydroxylation is 1. The Labute approximate surface area is 154 Å². The van der Waals surface area contributed by atoms with Gasteiger partial charge >= 0.3 is 0 Å². The highest BCUT2D eigenvalue weighted by molar-refractivity contribution is 5.90. The van der Waals surface area contributed by atoms with Crippen molar-refractivity contribution in [1.82, 2.24) is 25.0 Å². The average Bonchev–Trinajstić information content (AvgIpc) is 3.16. The molecule has 2 aliphatic rings. The van der Waals surface area contributed by atoms with E-state index in [0.29, 0.717) is 17.7 Å². The van der Waals surface area contributed by atoms with Crippen LogP contribution in [0.4, 0.5) is 0 Å². The van der Waals surface area contributed by atoms with Gasteiger partial charge < -0.3 is 9.88 Å². The van der Waals surface area contributed by atoms with E-state index >= 15 is 0 Å². The zero-order valence-corrected chi connectivity index (χ0v) is 15.8. The Morgan fingerprint density at radius 1 is 1.19 bits per heavy atom. The van der Waals surface area contributed by atoms with E-state index in [2.05, 4.69) is 51.6 Å². The standard InChI is InChI=1S/C20H27N5O/c1-13(2)21-20(26)19-23-22-18-8-16-10-24(11-17(16)12-25(18)19)9-15-7-5-4-6-14(15)3/h4-7,13,16-17H,8-12H2,1-3H3,(H,21,26)/t16-,17+/m0/s1. The minimum atomic E-state index is -0.119. The second-order valence-electron chi connectivity index (χ2n) is 8.02. The molecule has 0 unspecified atom stereocenters. The molecule has 2 atom stereocenters. The molecule has 1 N–H and O–H groups in total. The molecule has 6 heteroatoms. The third-order valence-corrected chi connectivity index (χ3v) is 5.62. The summed E-state index contributed by atoms with van der Waals surface area (Å²) >= 11 is 0. The van der Waals surface area contributed by atoms with Crippen molar-refractivity contribution < 1.29 is 4.79 Å². The van der Waals surface area contributed by atoms with E-state index in [1.165, 1.54) is 11.1 Å². The van der Waals surface area contributed by atoms with E-state index in [1.54, 1.807) is 0 Å². The van der Waals surface area contributed by atoms with Crippen LogP contribution in [0.3, 0.4) is 0 Å². The normalized spacial score (nSPS) is 22.3. The number of nitrogens with zero attached hydrogens (tertiary/aromatic N) is 4. The maximum atomic E-state index is 12.4. The van der Waals surface area contributed by atoms with Crippen LogP contribution in [0.5, 0.6) is 0 Å². The summed E-state index contributed by atoms with van der Waals surface area (Å²) in [5.74, 6) is 2.47. The van der Waals surface area contributed by atoms with Crippen molar-refractivity contribution in [2.45, 2.75) is 46.3 Å². The second-order valence-corrected chi connectivity index (χ2v) is 8.02. The summed E-state index contributed by atoms with van der Waals surface area (Å²) in [7, 11) is 0. The zero-order valence-electron chi connectivity index (χ0n) is 15.8. The van der Waals surface area contributed by atoms with Crippen LogP contribution in [0.2, 0.25) is 0 Å². The zero-order chi connectivity index (χ0) is 18.3. The lowest BCUT2D eigenvalue weighted by Gasteiger charge is -2.25. The quantitative estimate of drug-likeness (QED) is 0.914. The molecule has 1 saturated heterocycles. The first-order chi connectivity index (χ1) is 12.5. The third-order valence-electron chi connectivity index (χ3n) is 5.62. The third kappa shape index (κ3) is 3.26. The first-order valence-electron chi connectivity index (χ1n) is 9.51. The molecule has 0 aliphatic carbocycles. The van der Waals surface area contributed by atoms with Gasteiger partial charge in [0.2, 0.25) is 5.82 Å². The van der Waals surface area contributed by atoms with Gasteiger partial charge in [-0.1, -0.05) is 24.3 Å². The van der Waals surface area contributed by atoms with E-state index in [1.807, 2.05) is 18.4 Å². The molecule has 3 heterocycles. The van der Waals surface area contributed by atoms with Gasteiger partial charge in [-0.2, -0.15) is 0 Å². The van der Waals surface area contributed by atoms with Crippen molar-refractivity contribution in [2.75, 3.05) is 13.1 Å². The van der Waals surface area contributed by atoms with Gasteiger partial charge in [0, 0.05) is 38.6 Å². The second kappa shape index (κ2) is 6.83. The summed E-state index contributed by atoms with van der Waals surface area (Å²) in [6.45, 7) is 10.1. The number of benzene rings is 1. The minimum Gasteiger partial charge on any atom is -0.347 e. The van der Waals surface area contributed by atoms with Gasteiger partial charge in [-0.3, -0.25) is 9.69 Å². The summed E-state index contributed by atoms with van der Waals surface area (Å²) in [6, 6.07) is 8.72. The molecule has 0 spiro atoms. The molecule has 2 aromatic rings. The number of carbonyl (C=O) groups excluding carboxylic acids is 1. The topological polar surface area (TPSA) is 63.1 Å². The molecule has 1 aromatic carbocycles. The van der Waals surface area contributed by atoms with E-state index in [4.69, 9.17) is 0 Å². The average molecular weight is 353 g/mol. The van der Waals surface area contributed by atoms with Gasteiger partial charge in [-0.25, -0.2) is 0 Å². The Kier molecular flexibility index (Phi) is 4.53. The maximum absolute atomic E-state index is 12.4. The van der Waals surface area contributed by atoms with Gasteiger partial charge in [0.05, 0.1) is 0 Å². The Morgan fingerprint density at radius 2 is 1.96 bits per heavy atom. The summed E-state index contributed by atoms with van der Waals surface area (Å²) in [6.07, 6.45) is 0.914. The first kappa shape index (κ1) is 17.2. The molecule has 2 aliphatic heterocycles. The van der Waals surface area contributed by atoms with Gasteiger partial charge in [-0.05, 0) is 43.7 Å². The van der Waals surface area contributed by atoms with Crippen LogP contribution in [0.15, 0.2) is 24.3 Å². The number of hydrogen-bond donors (Lipinski definition) is 1. The van der Waals surface area contributed by atoms with E-state index < -0.39 is 0 Å². The Morgan fingerprint density at radius 3 is 2.73 bits per heavy atom. The number of carbonyl (C=O) groups is 1. The molecule has 1 aromatic heterocycles. The van der Waals surface area contributed by atoms with Crippen LogP contribution in [-0.2, 0) is 19.5 Å². The smallest absolute Gasteiger partial charge is 0.289 e. The van der Waals surface area contributed by atoms with E-state index in [-0.39, 0.29) is 11.9 Å². The predicted molar refractivity (Wildman–Crippen MR) is 99.8 cm³/mol. The summed E-state index contributed by atoms with van der Waals surface area (Å²) in [5, 5.41) is 11.4. The molecule has 1 amide bonds. The monoisotopic (exact) mass is 353 g/mol.